The van der Waals surface area contributed by atoms with Gasteiger partial charge in [0.05, 0.1) is 0 Å². The predicted molar refractivity (Wildman–Crippen MR) is 165 cm³/mol. The maximum absolute atomic E-state index is 14.3. The van der Waals surface area contributed by atoms with Crippen molar-refractivity contribution in [2.45, 2.75) is 84.2 Å². The van der Waals surface area contributed by atoms with Crippen molar-refractivity contribution in [2.75, 3.05) is 6.54 Å². The molecule has 5 fully saturated rings. The Labute approximate surface area is 254 Å². The standard InChI is InChI=1S/C35H43N5O3/c1-22-27-20-24(35(27,2)3)21-28(22)36-33(41)32-31(26-16-8-10-18-30(26)43-25-14-5-4-6-15-25)37-38-40(32)34(42)39-19-11-13-23-12-7-9-17-29(23)39/h4-6,8,10,14-16,18,22-24,27-29H,7,9,11-13,17,19-21H2,1-3H3,(H,36,41)/t22-,23?,24?,27-,28-,29?/m1/s1. The monoisotopic (exact) mass is 581 g/mol. The third-order valence-electron chi connectivity index (χ3n) is 11.3. The van der Waals surface area contributed by atoms with Crippen LogP contribution in [-0.2, 0) is 0 Å². The number of piperidine rings is 1. The number of amides is 2. The number of likely N-dealkylation sites (tertiary alicyclic amines) is 1. The number of ether oxygens (including phenoxy) is 1. The van der Waals surface area contributed by atoms with Gasteiger partial charge in [0, 0.05) is 24.2 Å². The summed E-state index contributed by atoms with van der Waals surface area (Å²) < 4.78 is 7.54. The molecule has 3 unspecified atom stereocenters. The Kier molecular flexibility index (Phi) is 7.26. The van der Waals surface area contributed by atoms with E-state index in [2.05, 4.69) is 36.4 Å². The Morgan fingerprint density at radius 1 is 0.953 bits per heavy atom. The van der Waals surface area contributed by atoms with Gasteiger partial charge in [-0.15, -0.1) is 5.10 Å². The van der Waals surface area contributed by atoms with E-state index in [9.17, 15) is 9.59 Å². The van der Waals surface area contributed by atoms with Gasteiger partial charge in [0.15, 0.2) is 5.69 Å². The third kappa shape index (κ3) is 4.92. The fraction of sp³-hybridized carbons (Fsp3) is 0.543. The number of fused-ring (bicyclic) bond motifs is 3. The predicted octanol–water partition coefficient (Wildman–Crippen LogP) is 7.16. The summed E-state index contributed by atoms with van der Waals surface area (Å²) in [5.41, 5.74) is 1.50. The number of para-hydroxylation sites is 2. The van der Waals surface area contributed by atoms with Gasteiger partial charge in [-0.25, -0.2) is 4.79 Å². The Hall–Kier alpha value is -3.68. The van der Waals surface area contributed by atoms with Crippen LogP contribution in [0, 0.1) is 29.1 Å². The number of rotatable bonds is 5. The van der Waals surface area contributed by atoms with Gasteiger partial charge in [-0.1, -0.05) is 69.2 Å². The average Bonchev–Trinajstić information content (AvgIpc) is 3.47. The van der Waals surface area contributed by atoms with Crippen molar-refractivity contribution in [1.82, 2.24) is 25.2 Å². The summed E-state index contributed by atoms with van der Waals surface area (Å²) in [5, 5.41) is 12.3. The lowest BCUT2D eigenvalue weighted by Gasteiger charge is -2.62. The first-order valence-corrected chi connectivity index (χ1v) is 16.2. The first kappa shape index (κ1) is 28.1. The molecule has 4 aliphatic carbocycles. The number of hydrogen-bond acceptors (Lipinski definition) is 5. The van der Waals surface area contributed by atoms with E-state index in [0.717, 1.165) is 38.5 Å². The molecule has 0 radical (unpaired) electrons. The van der Waals surface area contributed by atoms with E-state index in [1.165, 1.54) is 17.5 Å². The van der Waals surface area contributed by atoms with Crippen molar-refractivity contribution in [3.05, 3.63) is 60.3 Å². The summed E-state index contributed by atoms with van der Waals surface area (Å²) in [5.74, 6) is 2.99. The number of benzene rings is 2. The molecule has 1 saturated heterocycles. The lowest BCUT2D eigenvalue weighted by Crippen LogP contribution is -2.60. The molecule has 0 spiro atoms. The molecule has 5 aliphatic rings. The fourth-order valence-electron chi connectivity index (χ4n) is 8.73. The molecule has 43 heavy (non-hydrogen) atoms. The summed E-state index contributed by atoms with van der Waals surface area (Å²) >= 11 is 0. The van der Waals surface area contributed by atoms with Crippen LogP contribution in [0.4, 0.5) is 4.79 Å². The summed E-state index contributed by atoms with van der Waals surface area (Å²) in [6, 6.07) is 17.1. The highest BCUT2D eigenvalue weighted by Gasteiger charge is 2.56. The Morgan fingerprint density at radius 3 is 2.49 bits per heavy atom. The molecule has 2 amide bonds. The zero-order valence-electron chi connectivity index (χ0n) is 25.5. The van der Waals surface area contributed by atoms with Crippen LogP contribution in [0.5, 0.6) is 11.5 Å². The highest BCUT2D eigenvalue weighted by molar-refractivity contribution is 6.02. The molecule has 226 valence electrons. The highest BCUT2D eigenvalue weighted by atomic mass is 16.5. The molecule has 2 heterocycles. The molecule has 6 atom stereocenters. The van der Waals surface area contributed by atoms with E-state index in [1.807, 2.05) is 59.5 Å². The normalized spacial score (nSPS) is 29.2. The Bertz CT molecular complexity index is 1500. The molecular formula is C35H43N5O3. The number of hydrogen-bond donors (Lipinski definition) is 1. The molecule has 8 nitrogen and oxygen atoms in total. The van der Waals surface area contributed by atoms with Gasteiger partial charge < -0.3 is 15.0 Å². The summed E-state index contributed by atoms with van der Waals surface area (Å²) in [4.78, 5) is 30.6. The van der Waals surface area contributed by atoms with Crippen molar-refractivity contribution < 1.29 is 14.3 Å². The third-order valence-corrected chi connectivity index (χ3v) is 11.3. The number of carbonyl (C=O) groups is 2. The van der Waals surface area contributed by atoms with Crippen LogP contribution < -0.4 is 10.1 Å². The Balaban J connectivity index is 1.25. The smallest absolute Gasteiger partial charge is 0.347 e. The zero-order valence-corrected chi connectivity index (χ0v) is 25.5. The summed E-state index contributed by atoms with van der Waals surface area (Å²) in [7, 11) is 0. The second-order valence-electron chi connectivity index (χ2n) is 13.9. The van der Waals surface area contributed by atoms with Crippen molar-refractivity contribution in [3.63, 3.8) is 0 Å². The van der Waals surface area contributed by atoms with Crippen molar-refractivity contribution in [3.8, 4) is 22.8 Å². The van der Waals surface area contributed by atoms with Crippen LogP contribution in [0.3, 0.4) is 0 Å². The van der Waals surface area contributed by atoms with Crippen LogP contribution in [-0.4, -0.2) is 50.5 Å². The minimum absolute atomic E-state index is 0.0455. The van der Waals surface area contributed by atoms with E-state index in [4.69, 9.17) is 4.74 Å². The zero-order chi connectivity index (χ0) is 29.7. The molecule has 1 aromatic heterocycles. The maximum Gasteiger partial charge on any atom is 0.347 e. The molecule has 1 N–H and O–H groups in total. The number of carbonyl (C=O) groups excluding carboxylic acids is 2. The van der Waals surface area contributed by atoms with Crippen LogP contribution in [0.2, 0.25) is 0 Å². The lowest BCUT2D eigenvalue weighted by molar-refractivity contribution is -0.113. The first-order valence-electron chi connectivity index (χ1n) is 16.2. The van der Waals surface area contributed by atoms with Crippen LogP contribution in [0.15, 0.2) is 54.6 Å². The Morgan fingerprint density at radius 2 is 1.70 bits per heavy atom. The van der Waals surface area contributed by atoms with Gasteiger partial charge in [0.1, 0.15) is 17.2 Å². The maximum atomic E-state index is 14.3. The van der Waals surface area contributed by atoms with E-state index in [1.54, 1.807) is 0 Å². The van der Waals surface area contributed by atoms with Crippen LogP contribution in [0.1, 0.15) is 82.6 Å². The van der Waals surface area contributed by atoms with Crippen LogP contribution in [0.25, 0.3) is 11.3 Å². The van der Waals surface area contributed by atoms with Crippen molar-refractivity contribution in [2.24, 2.45) is 29.1 Å². The largest absolute Gasteiger partial charge is 0.457 e. The number of aromatic nitrogens is 3. The summed E-state index contributed by atoms with van der Waals surface area (Å²) in [6.07, 6.45) is 8.83. The van der Waals surface area contributed by atoms with Crippen molar-refractivity contribution >= 4 is 11.9 Å². The topological polar surface area (TPSA) is 89.3 Å². The van der Waals surface area contributed by atoms with E-state index >= 15 is 0 Å². The highest BCUT2D eigenvalue weighted by Crippen LogP contribution is 2.61. The van der Waals surface area contributed by atoms with Gasteiger partial charge in [0.25, 0.3) is 5.91 Å². The molecule has 8 heteroatoms. The number of nitrogens with zero attached hydrogens (tertiary/aromatic N) is 4. The molecule has 1 aliphatic heterocycles. The number of nitrogens with one attached hydrogen (secondary N) is 1. The molecule has 2 bridgehead atoms. The first-order chi connectivity index (χ1) is 20.8. The van der Waals surface area contributed by atoms with Gasteiger partial charge >= 0.3 is 6.03 Å². The second-order valence-corrected chi connectivity index (χ2v) is 13.9. The second kappa shape index (κ2) is 11.1. The van der Waals surface area contributed by atoms with Crippen LogP contribution >= 0.6 is 0 Å². The van der Waals surface area contributed by atoms with E-state index in [0.29, 0.717) is 58.4 Å². The average molecular weight is 582 g/mol. The van der Waals surface area contributed by atoms with Gasteiger partial charge in [-0.2, -0.15) is 4.68 Å². The van der Waals surface area contributed by atoms with E-state index < -0.39 is 0 Å². The lowest BCUT2D eigenvalue weighted by atomic mass is 9.45. The van der Waals surface area contributed by atoms with Gasteiger partial charge in [-0.3, -0.25) is 4.79 Å². The molecule has 2 aromatic carbocycles. The SMILES string of the molecule is C[C@@H]1[C@H]2CC(C[C@H]1NC(=O)c1c(-c3ccccc3Oc3ccccc3)nnn1C(=O)N1CCCC3CCCCC31)C2(C)C. The quantitative estimate of drug-likeness (QED) is 0.345. The molecule has 3 aromatic rings. The molecule has 4 saturated carbocycles. The minimum Gasteiger partial charge on any atom is -0.457 e. The van der Waals surface area contributed by atoms with Gasteiger partial charge in [0.2, 0.25) is 0 Å². The fourth-order valence-corrected chi connectivity index (χ4v) is 8.73. The minimum atomic E-state index is -0.295. The van der Waals surface area contributed by atoms with E-state index in [-0.39, 0.29) is 29.7 Å². The summed E-state index contributed by atoms with van der Waals surface area (Å²) in [6.45, 7) is 7.66. The van der Waals surface area contributed by atoms with Gasteiger partial charge in [-0.05, 0) is 91.9 Å². The molecular weight excluding hydrogens is 538 g/mol. The molecule has 8 rings (SSSR count). The van der Waals surface area contributed by atoms with Crippen molar-refractivity contribution in [1.29, 1.82) is 0 Å².